The van der Waals surface area contributed by atoms with Crippen molar-refractivity contribution in [1.29, 1.82) is 0 Å². The van der Waals surface area contributed by atoms with Crippen molar-refractivity contribution in [2.45, 2.75) is 12.5 Å². The summed E-state index contributed by atoms with van der Waals surface area (Å²) in [6, 6.07) is 5.71. The van der Waals surface area contributed by atoms with Crippen LogP contribution in [0.2, 0.25) is 0 Å². The average molecular weight is 294 g/mol. The maximum atomic E-state index is 11.8. The number of fused-ring (bicyclic) bond motifs is 1. The van der Waals surface area contributed by atoms with E-state index in [1.165, 1.54) is 0 Å². The number of carbonyl (C=O) groups excluding carboxylic acids is 1. The molecule has 2 aliphatic rings. The van der Waals surface area contributed by atoms with E-state index in [-0.39, 0.29) is 11.8 Å². The summed E-state index contributed by atoms with van der Waals surface area (Å²) in [4.78, 5) is 24.5. The standard InChI is InChI=1S/C15H14N6O/c22-15-14-6-13(20-21(14)4-3-19-15)10-1-2-18-12(5-10)11-7-16-9-17-8-11/h1-2,5-7,9,11H,3-4,8H2,(H,19,22). The van der Waals surface area contributed by atoms with Gasteiger partial charge in [-0.25, -0.2) is 4.99 Å². The maximum Gasteiger partial charge on any atom is 0.269 e. The molecule has 22 heavy (non-hydrogen) atoms. The van der Waals surface area contributed by atoms with E-state index in [1.807, 2.05) is 24.4 Å². The van der Waals surface area contributed by atoms with Crippen LogP contribution >= 0.6 is 0 Å². The summed E-state index contributed by atoms with van der Waals surface area (Å²) in [5, 5.41) is 7.34. The third-order valence-corrected chi connectivity index (χ3v) is 3.79. The van der Waals surface area contributed by atoms with Gasteiger partial charge in [0.15, 0.2) is 0 Å². The highest BCUT2D eigenvalue weighted by Gasteiger charge is 2.20. The minimum Gasteiger partial charge on any atom is -0.349 e. The molecule has 7 nitrogen and oxygen atoms in total. The van der Waals surface area contributed by atoms with Crippen molar-refractivity contribution in [2.24, 2.45) is 9.98 Å². The molecule has 0 saturated carbocycles. The molecule has 0 radical (unpaired) electrons. The monoisotopic (exact) mass is 294 g/mol. The van der Waals surface area contributed by atoms with Gasteiger partial charge < -0.3 is 5.32 Å². The lowest BCUT2D eigenvalue weighted by Crippen LogP contribution is -2.35. The largest absolute Gasteiger partial charge is 0.349 e. The third-order valence-electron chi connectivity index (χ3n) is 3.79. The van der Waals surface area contributed by atoms with Crippen molar-refractivity contribution in [3.05, 3.63) is 35.8 Å². The van der Waals surface area contributed by atoms with Crippen LogP contribution < -0.4 is 5.32 Å². The molecule has 7 heteroatoms. The molecule has 0 saturated heterocycles. The molecule has 4 heterocycles. The fraction of sp³-hybridized carbons (Fsp3) is 0.267. The Labute approximate surface area is 126 Å². The molecule has 0 fully saturated rings. The SMILES string of the molecule is O=C1NCCn2nc(-c3ccnc(C4C=NC=NC4)c3)cc21. The Morgan fingerprint density at radius 2 is 2.27 bits per heavy atom. The fourth-order valence-electron chi connectivity index (χ4n) is 2.65. The van der Waals surface area contributed by atoms with Crippen molar-refractivity contribution in [2.75, 3.05) is 13.1 Å². The topological polar surface area (TPSA) is 84.5 Å². The van der Waals surface area contributed by atoms with E-state index < -0.39 is 0 Å². The van der Waals surface area contributed by atoms with Gasteiger partial charge in [0.25, 0.3) is 5.91 Å². The number of pyridine rings is 1. The summed E-state index contributed by atoms with van der Waals surface area (Å²) < 4.78 is 1.75. The van der Waals surface area contributed by atoms with Crippen LogP contribution in [-0.2, 0) is 6.54 Å². The molecule has 0 aromatic carbocycles. The van der Waals surface area contributed by atoms with E-state index >= 15 is 0 Å². The quantitative estimate of drug-likeness (QED) is 0.892. The number of amides is 1. The van der Waals surface area contributed by atoms with Gasteiger partial charge in [0, 0.05) is 24.5 Å². The number of nitrogens with one attached hydrogen (secondary N) is 1. The first-order chi connectivity index (χ1) is 10.8. The van der Waals surface area contributed by atoms with Crippen molar-refractivity contribution in [3.63, 3.8) is 0 Å². The van der Waals surface area contributed by atoms with Crippen molar-refractivity contribution < 1.29 is 4.79 Å². The van der Waals surface area contributed by atoms with Crippen LogP contribution in [-0.4, -0.2) is 46.3 Å². The van der Waals surface area contributed by atoms with Crippen LogP contribution in [0.3, 0.4) is 0 Å². The molecule has 2 aromatic heterocycles. The van der Waals surface area contributed by atoms with E-state index in [0.29, 0.717) is 25.3 Å². The Kier molecular flexibility index (Phi) is 3.03. The van der Waals surface area contributed by atoms with E-state index in [0.717, 1.165) is 17.0 Å². The molecule has 1 N–H and O–H groups in total. The van der Waals surface area contributed by atoms with E-state index in [9.17, 15) is 4.79 Å². The Hall–Kier alpha value is -2.83. The molecule has 110 valence electrons. The first-order valence-corrected chi connectivity index (χ1v) is 7.15. The fourth-order valence-corrected chi connectivity index (χ4v) is 2.65. The Morgan fingerprint density at radius 1 is 1.32 bits per heavy atom. The molecule has 0 aliphatic carbocycles. The number of rotatable bonds is 2. The molecule has 1 amide bonds. The number of hydrogen-bond donors (Lipinski definition) is 1. The van der Waals surface area contributed by atoms with Gasteiger partial charge in [-0.3, -0.25) is 19.5 Å². The molecular weight excluding hydrogens is 280 g/mol. The lowest BCUT2D eigenvalue weighted by atomic mass is 10.0. The van der Waals surface area contributed by atoms with Crippen molar-refractivity contribution >= 4 is 18.5 Å². The smallest absolute Gasteiger partial charge is 0.269 e. The first kappa shape index (κ1) is 12.9. The van der Waals surface area contributed by atoms with Crippen LogP contribution in [0.25, 0.3) is 11.3 Å². The first-order valence-electron chi connectivity index (χ1n) is 7.15. The minimum absolute atomic E-state index is 0.0759. The van der Waals surface area contributed by atoms with Crippen molar-refractivity contribution in [3.8, 4) is 11.3 Å². The summed E-state index contributed by atoms with van der Waals surface area (Å²) in [5.41, 5.74) is 3.24. The van der Waals surface area contributed by atoms with E-state index in [1.54, 1.807) is 17.2 Å². The lowest BCUT2D eigenvalue weighted by molar-refractivity contribution is 0.0924. The number of aliphatic imine (C=N–C) groups is 2. The molecule has 4 rings (SSSR count). The van der Waals surface area contributed by atoms with Gasteiger partial charge in [0.05, 0.1) is 30.4 Å². The molecule has 0 bridgehead atoms. The molecular formula is C15H14N6O. The summed E-state index contributed by atoms with van der Waals surface area (Å²) in [6.07, 6.45) is 5.17. The second-order valence-electron chi connectivity index (χ2n) is 5.25. The van der Waals surface area contributed by atoms with Crippen LogP contribution in [0.5, 0.6) is 0 Å². The Morgan fingerprint density at radius 3 is 3.09 bits per heavy atom. The van der Waals surface area contributed by atoms with Crippen molar-refractivity contribution in [1.82, 2.24) is 20.1 Å². The predicted molar refractivity (Wildman–Crippen MR) is 82.4 cm³/mol. The van der Waals surface area contributed by atoms with Crippen LogP contribution in [0.4, 0.5) is 0 Å². The Balaban J connectivity index is 1.70. The van der Waals surface area contributed by atoms with Gasteiger partial charge in [-0.15, -0.1) is 0 Å². The van der Waals surface area contributed by atoms with Gasteiger partial charge in [-0.1, -0.05) is 0 Å². The highest BCUT2D eigenvalue weighted by Crippen LogP contribution is 2.23. The van der Waals surface area contributed by atoms with Gasteiger partial charge in [0.2, 0.25) is 0 Å². The van der Waals surface area contributed by atoms with Crippen LogP contribution in [0, 0.1) is 0 Å². The highest BCUT2D eigenvalue weighted by atomic mass is 16.2. The number of carbonyl (C=O) groups is 1. The number of nitrogens with zero attached hydrogens (tertiary/aromatic N) is 5. The number of hydrogen-bond acceptors (Lipinski definition) is 5. The van der Waals surface area contributed by atoms with Gasteiger partial charge in [0.1, 0.15) is 12.0 Å². The molecule has 1 atom stereocenters. The molecule has 2 aliphatic heterocycles. The van der Waals surface area contributed by atoms with Crippen LogP contribution in [0.1, 0.15) is 22.1 Å². The van der Waals surface area contributed by atoms with Gasteiger partial charge in [-0.2, -0.15) is 5.10 Å². The minimum atomic E-state index is -0.0759. The molecule has 2 aromatic rings. The summed E-state index contributed by atoms with van der Waals surface area (Å²) >= 11 is 0. The van der Waals surface area contributed by atoms with E-state index in [4.69, 9.17) is 0 Å². The third kappa shape index (κ3) is 2.20. The molecule has 0 spiro atoms. The zero-order chi connectivity index (χ0) is 14.9. The highest BCUT2D eigenvalue weighted by molar-refractivity contribution is 5.94. The second-order valence-corrected chi connectivity index (χ2v) is 5.25. The average Bonchev–Trinajstić information content (AvgIpc) is 3.02. The zero-order valence-electron chi connectivity index (χ0n) is 11.8. The summed E-state index contributed by atoms with van der Waals surface area (Å²) in [7, 11) is 0. The summed E-state index contributed by atoms with van der Waals surface area (Å²) in [5.74, 6) is 0.0125. The molecule has 1 unspecified atom stereocenters. The Bertz CT molecular complexity index is 791. The second kappa shape index (κ2) is 5.18. The van der Waals surface area contributed by atoms with Crippen LogP contribution in [0.15, 0.2) is 34.4 Å². The number of aromatic nitrogens is 3. The maximum absolute atomic E-state index is 11.8. The predicted octanol–water partition coefficient (Wildman–Crippen LogP) is 0.885. The van der Waals surface area contributed by atoms with Gasteiger partial charge in [-0.05, 0) is 18.2 Å². The van der Waals surface area contributed by atoms with Gasteiger partial charge >= 0.3 is 0 Å². The zero-order valence-corrected chi connectivity index (χ0v) is 11.8. The lowest BCUT2D eigenvalue weighted by Gasteiger charge is -2.13. The van der Waals surface area contributed by atoms with E-state index in [2.05, 4.69) is 25.4 Å². The summed E-state index contributed by atoms with van der Waals surface area (Å²) in [6.45, 7) is 1.97. The normalized spacial score (nSPS) is 19.8.